The van der Waals surface area contributed by atoms with E-state index in [2.05, 4.69) is 60.8 Å². The number of amides is 1. The van der Waals surface area contributed by atoms with Crippen LogP contribution in [-0.4, -0.2) is 49.0 Å². The Balaban J connectivity index is 1.42. The number of likely N-dealkylation sites (tertiary alicyclic amines) is 1. The molecule has 5 heterocycles. The van der Waals surface area contributed by atoms with Crippen molar-refractivity contribution in [3.63, 3.8) is 0 Å². The summed E-state index contributed by atoms with van der Waals surface area (Å²) in [7, 11) is 0. The molecule has 0 spiro atoms. The number of piperidine rings is 1. The van der Waals surface area contributed by atoms with E-state index in [1.54, 1.807) is 6.33 Å². The maximum Gasteiger partial charge on any atom is 0.234 e. The van der Waals surface area contributed by atoms with Crippen LogP contribution in [0.25, 0.3) is 27.1 Å². The van der Waals surface area contributed by atoms with Crippen LogP contribution in [0.4, 0.5) is 0 Å². The largest absolute Gasteiger partial charge is 0.368 e. The van der Waals surface area contributed by atoms with Crippen LogP contribution in [0.3, 0.4) is 0 Å². The highest BCUT2D eigenvalue weighted by Crippen LogP contribution is 2.53. The minimum absolute atomic E-state index is 0.172. The number of thiophene rings is 1. The molecular weight excluding hydrogens is 456 g/mol. The molecule has 1 aliphatic heterocycles. The van der Waals surface area contributed by atoms with Crippen molar-refractivity contribution in [1.82, 2.24) is 24.5 Å². The van der Waals surface area contributed by atoms with Gasteiger partial charge in [-0.1, -0.05) is 13.8 Å². The Kier molecular flexibility index (Phi) is 5.13. The smallest absolute Gasteiger partial charge is 0.234 e. The molecule has 1 unspecified atom stereocenters. The molecule has 0 aromatic carbocycles. The molecule has 2 aliphatic rings. The normalized spacial score (nSPS) is 23.3. The zero-order valence-electron chi connectivity index (χ0n) is 21.3. The van der Waals surface area contributed by atoms with Gasteiger partial charge in [0.15, 0.2) is 5.65 Å². The average molecular weight is 491 g/mol. The highest BCUT2D eigenvalue weighted by Gasteiger charge is 2.48. The second kappa shape index (κ2) is 7.90. The lowest BCUT2D eigenvalue weighted by Crippen LogP contribution is -2.47. The van der Waals surface area contributed by atoms with Gasteiger partial charge in [-0.3, -0.25) is 9.69 Å². The zero-order valence-corrected chi connectivity index (χ0v) is 22.2. The summed E-state index contributed by atoms with van der Waals surface area (Å²) < 4.78 is 1.89. The Morgan fingerprint density at radius 1 is 1.17 bits per heavy atom. The highest BCUT2D eigenvalue weighted by molar-refractivity contribution is 7.19. The van der Waals surface area contributed by atoms with Crippen molar-refractivity contribution in [1.29, 1.82) is 0 Å². The van der Waals surface area contributed by atoms with Crippen LogP contribution < -0.4 is 5.73 Å². The van der Waals surface area contributed by atoms with Gasteiger partial charge in [-0.25, -0.2) is 9.50 Å². The molecule has 3 N–H and O–H groups in total. The van der Waals surface area contributed by atoms with Crippen LogP contribution in [0.5, 0.6) is 0 Å². The summed E-state index contributed by atoms with van der Waals surface area (Å²) in [6, 6.07) is 0.293. The molecule has 4 atom stereocenters. The summed E-state index contributed by atoms with van der Waals surface area (Å²) in [5, 5.41) is 5.82. The summed E-state index contributed by atoms with van der Waals surface area (Å²) in [6.45, 7) is 14.1. The first-order valence-corrected chi connectivity index (χ1v) is 13.5. The number of H-pyrrole nitrogens is 1. The predicted molar refractivity (Wildman–Crippen MR) is 141 cm³/mol. The van der Waals surface area contributed by atoms with Crippen LogP contribution in [0.15, 0.2) is 12.5 Å². The van der Waals surface area contributed by atoms with Gasteiger partial charge in [0.1, 0.15) is 11.2 Å². The van der Waals surface area contributed by atoms with Crippen molar-refractivity contribution >= 4 is 33.1 Å². The van der Waals surface area contributed by atoms with E-state index in [1.807, 2.05) is 22.8 Å². The van der Waals surface area contributed by atoms with E-state index in [0.29, 0.717) is 23.8 Å². The molecule has 1 aliphatic carbocycles. The number of nitrogens with two attached hydrogens (primary N) is 1. The molecule has 7 nitrogen and oxygen atoms in total. The van der Waals surface area contributed by atoms with Gasteiger partial charge in [0.2, 0.25) is 5.91 Å². The number of aromatic amines is 1. The number of aryl methyl sites for hydroxylation is 2. The van der Waals surface area contributed by atoms with Gasteiger partial charge < -0.3 is 10.7 Å². The van der Waals surface area contributed by atoms with Crippen molar-refractivity contribution in [3.05, 3.63) is 39.7 Å². The van der Waals surface area contributed by atoms with Gasteiger partial charge in [0, 0.05) is 34.6 Å². The Hall–Kier alpha value is -2.71. The number of aromatic nitrogens is 4. The molecule has 6 rings (SSSR count). The van der Waals surface area contributed by atoms with Gasteiger partial charge in [-0.2, -0.15) is 5.10 Å². The van der Waals surface area contributed by atoms with Gasteiger partial charge in [0.05, 0.1) is 11.7 Å². The van der Waals surface area contributed by atoms with Crippen LogP contribution in [0, 0.1) is 26.7 Å². The Labute approximate surface area is 209 Å². The van der Waals surface area contributed by atoms with E-state index in [9.17, 15) is 4.79 Å². The monoisotopic (exact) mass is 490 g/mol. The Morgan fingerprint density at radius 3 is 2.60 bits per heavy atom. The molecule has 4 aromatic heterocycles. The fourth-order valence-corrected chi connectivity index (χ4v) is 8.23. The minimum Gasteiger partial charge on any atom is -0.368 e. The first kappa shape index (κ1) is 22.7. The van der Waals surface area contributed by atoms with Crippen molar-refractivity contribution in [3.8, 4) is 11.3 Å². The topological polar surface area (TPSA) is 92.3 Å². The summed E-state index contributed by atoms with van der Waals surface area (Å²) >= 11 is 1.94. The third-order valence-electron chi connectivity index (χ3n) is 8.76. The van der Waals surface area contributed by atoms with E-state index in [0.717, 1.165) is 18.6 Å². The molecule has 4 aromatic rings. The van der Waals surface area contributed by atoms with Crippen LogP contribution >= 0.6 is 11.3 Å². The number of nitrogens with one attached hydrogen (secondary N) is 1. The van der Waals surface area contributed by atoms with Gasteiger partial charge in [-0.15, -0.1) is 11.3 Å². The molecule has 184 valence electrons. The fraction of sp³-hybridized carbons (Fsp3) is 0.519. The van der Waals surface area contributed by atoms with E-state index in [4.69, 9.17) is 5.73 Å². The molecule has 2 fully saturated rings. The second-order valence-electron chi connectivity index (χ2n) is 11.0. The maximum absolute atomic E-state index is 11.8. The fourth-order valence-electron chi connectivity index (χ4n) is 6.79. The second-order valence-corrected chi connectivity index (χ2v) is 12.0. The first-order chi connectivity index (χ1) is 16.7. The lowest BCUT2D eigenvalue weighted by atomic mass is 9.88. The Bertz CT molecular complexity index is 1480. The standard InChI is InChI=1S/C27H34N6OS/c1-12(2)21-22-15(5)24(19-8-18-7-17(19)9-32(18)16(6)25(28)34)35-27(22)31-23(21)20-10-33-26(29-11-30-33)14(4)13(20)3/h10-12,16-19,31H,7-9H2,1-6H3,(H2,28,34)/t16?,17-,18-,19+/m0/s1. The third-order valence-corrected chi connectivity index (χ3v) is 10.1. The minimum atomic E-state index is -0.210. The SMILES string of the molecule is Cc1c(-c2[nH]c3sc([C@@H]4C[C@@H]5C[C@H]4CN5C(C)C(N)=O)c(C)c3c2C(C)C)cn2ncnc2c1C. The van der Waals surface area contributed by atoms with Crippen LogP contribution in [-0.2, 0) is 4.79 Å². The van der Waals surface area contributed by atoms with Gasteiger partial charge >= 0.3 is 0 Å². The molecule has 0 radical (unpaired) electrons. The lowest BCUT2D eigenvalue weighted by Gasteiger charge is -2.34. The van der Waals surface area contributed by atoms with E-state index >= 15 is 0 Å². The number of hydrogen-bond donors (Lipinski definition) is 2. The van der Waals surface area contributed by atoms with Crippen LogP contribution in [0.2, 0.25) is 0 Å². The quantitative estimate of drug-likeness (QED) is 0.410. The molecule has 1 saturated heterocycles. The number of fused-ring (bicyclic) bond motifs is 4. The van der Waals surface area contributed by atoms with Crippen molar-refractivity contribution in [2.24, 2.45) is 11.7 Å². The summed E-state index contributed by atoms with van der Waals surface area (Å²) in [5.41, 5.74) is 14.2. The maximum atomic E-state index is 11.8. The molecule has 35 heavy (non-hydrogen) atoms. The number of hydrogen-bond acceptors (Lipinski definition) is 5. The molecule has 2 bridgehead atoms. The molecular formula is C27H34N6OS. The molecule has 8 heteroatoms. The lowest BCUT2D eigenvalue weighted by molar-refractivity contribution is -0.123. The summed E-state index contributed by atoms with van der Waals surface area (Å²) in [6.07, 6.45) is 6.04. The van der Waals surface area contributed by atoms with Gasteiger partial charge in [0.25, 0.3) is 0 Å². The van der Waals surface area contributed by atoms with E-state index in [1.165, 1.54) is 55.0 Å². The number of carbonyl (C=O) groups is 1. The zero-order chi connectivity index (χ0) is 24.8. The van der Waals surface area contributed by atoms with Crippen LogP contribution in [0.1, 0.15) is 72.6 Å². The molecule has 1 saturated carbocycles. The first-order valence-electron chi connectivity index (χ1n) is 12.7. The van der Waals surface area contributed by atoms with E-state index < -0.39 is 0 Å². The Morgan fingerprint density at radius 2 is 1.94 bits per heavy atom. The van der Waals surface area contributed by atoms with Crippen molar-refractivity contribution in [2.45, 2.75) is 78.3 Å². The number of carbonyl (C=O) groups excluding carboxylic acids is 1. The number of primary amides is 1. The van der Waals surface area contributed by atoms with Crippen molar-refractivity contribution in [2.75, 3.05) is 6.54 Å². The van der Waals surface area contributed by atoms with E-state index in [-0.39, 0.29) is 11.9 Å². The van der Waals surface area contributed by atoms with Gasteiger partial charge in [-0.05, 0) is 80.5 Å². The number of pyridine rings is 1. The highest BCUT2D eigenvalue weighted by atomic mass is 32.1. The third kappa shape index (κ3) is 3.22. The number of nitrogens with zero attached hydrogens (tertiary/aromatic N) is 4. The number of rotatable bonds is 5. The summed E-state index contributed by atoms with van der Waals surface area (Å²) in [5.74, 6) is 1.35. The molecule has 1 amide bonds. The average Bonchev–Trinajstić information content (AvgIpc) is 3.61. The summed E-state index contributed by atoms with van der Waals surface area (Å²) in [4.78, 5) is 25.2. The van der Waals surface area contributed by atoms with Crippen molar-refractivity contribution < 1.29 is 4.79 Å². The predicted octanol–water partition coefficient (Wildman–Crippen LogP) is 5.04.